The molecule has 74 heavy (non-hydrogen) atoms. The van der Waals surface area contributed by atoms with Crippen LogP contribution in [0, 0.1) is 0 Å². The van der Waals surface area contributed by atoms with Crippen LogP contribution in [0.3, 0.4) is 0 Å². The molecule has 0 bridgehead atoms. The molecule has 0 fully saturated rings. The molecule has 0 amide bonds. The van der Waals surface area contributed by atoms with Crippen LogP contribution in [0.15, 0.2) is 224 Å². The van der Waals surface area contributed by atoms with E-state index in [0.717, 1.165) is 143 Å². The van der Waals surface area contributed by atoms with E-state index in [4.69, 9.17) is 17.7 Å². The van der Waals surface area contributed by atoms with Crippen molar-refractivity contribution in [2.75, 3.05) is 9.80 Å². The molecule has 6 heteroatoms. The Labute approximate surface area is 425 Å². The topological polar surface area (TPSA) is 59.0 Å². The van der Waals surface area contributed by atoms with Crippen LogP contribution in [0.5, 0.6) is 0 Å². The van der Waals surface area contributed by atoms with E-state index < -0.39 is 0 Å². The van der Waals surface area contributed by atoms with Crippen LogP contribution in [-0.4, -0.2) is 0 Å². The summed E-state index contributed by atoms with van der Waals surface area (Å²) < 4.78 is 26.5. The van der Waals surface area contributed by atoms with E-state index in [-0.39, 0.29) is 0 Å². The number of hydrogen-bond acceptors (Lipinski definition) is 6. The number of para-hydroxylation sites is 2. The third kappa shape index (κ3) is 6.64. The van der Waals surface area contributed by atoms with Crippen molar-refractivity contribution in [1.29, 1.82) is 0 Å². The first-order chi connectivity index (χ1) is 36.3. The minimum Gasteiger partial charge on any atom is -0.456 e. The van der Waals surface area contributed by atoms with Crippen LogP contribution < -0.4 is 9.80 Å². The summed E-state index contributed by atoms with van der Waals surface area (Å²) in [5, 5.41) is 13.0. The van der Waals surface area contributed by atoms with Crippen molar-refractivity contribution >= 4 is 143 Å². The van der Waals surface area contributed by atoms with Crippen molar-refractivity contribution in [2.45, 2.75) is 39.5 Å². The molecule has 0 radical (unpaired) electrons. The molecule has 6 nitrogen and oxygen atoms in total. The Morgan fingerprint density at radius 2 is 0.608 bits per heavy atom. The molecule has 0 atom stereocenters. The Balaban J connectivity index is 0.831. The lowest BCUT2D eigenvalue weighted by Crippen LogP contribution is -2.10. The Kier molecular flexibility index (Phi) is 9.24. The third-order valence-electron chi connectivity index (χ3n) is 15.4. The molecule has 0 aliphatic carbocycles. The summed E-state index contributed by atoms with van der Waals surface area (Å²) in [5.74, 6) is 0.857. The average molecular weight is 957 g/mol. The van der Waals surface area contributed by atoms with Gasteiger partial charge in [0, 0.05) is 89.3 Å². The van der Waals surface area contributed by atoms with E-state index >= 15 is 0 Å². The minimum atomic E-state index is 0.429. The smallest absolute Gasteiger partial charge is 0.178 e. The number of nitrogens with zero attached hydrogens (tertiary/aromatic N) is 2. The zero-order valence-electron chi connectivity index (χ0n) is 41.3. The SMILES string of the molecule is CC(C)c1ccc(N(c2ccc3cc4c(cc3c2)oc2c4ccc3c4cc5ccc(N(c6ccc(C(C)C)cc6)c6ccc7c(c6)oc6ccccc67)cc5cc4oc32)c2ccc3c(c2)oc2ccccc23)cc1. The maximum atomic E-state index is 6.87. The highest BCUT2D eigenvalue weighted by atomic mass is 16.4. The lowest BCUT2D eigenvalue weighted by Gasteiger charge is -2.26. The fraction of sp³-hybridized carbons (Fsp3) is 0.0882. The molecule has 0 saturated carbocycles. The van der Waals surface area contributed by atoms with Crippen LogP contribution in [0.25, 0.3) is 109 Å². The summed E-state index contributed by atoms with van der Waals surface area (Å²) in [6.45, 7) is 8.92. The van der Waals surface area contributed by atoms with Gasteiger partial charge in [-0.05, 0) is 166 Å². The fourth-order valence-corrected chi connectivity index (χ4v) is 11.4. The van der Waals surface area contributed by atoms with Gasteiger partial charge in [-0.1, -0.05) is 100 Å². The van der Waals surface area contributed by atoms with E-state index in [0.29, 0.717) is 11.8 Å². The Morgan fingerprint density at radius 1 is 0.257 bits per heavy atom. The molecule has 11 aromatic carbocycles. The van der Waals surface area contributed by atoms with Crippen molar-refractivity contribution < 1.29 is 17.7 Å². The van der Waals surface area contributed by atoms with E-state index in [1.165, 1.54) is 11.1 Å². The molecule has 4 heterocycles. The summed E-state index contributed by atoms with van der Waals surface area (Å²) in [6.07, 6.45) is 0. The van der Waals surface area contributed by atoms with Crippen molar-refractivity contribution in [2.24, 2.45) is 0 Å². The Bertz CT molecular complexity index is 4440. The van der Waals surface area contributed by atoms with Gasteiger partial charge < -0.3 is 27.5 Å². The summed E-state index contributed by atoms with van der Waals surface area (Å²) in [7, 11) is 0. The standard InChI is InChI=1S/C68H48N2O4/c1-39(2)41-13-19-47(20-14-41)69(51-25-27-55-53-9-5-7-11-61(53)71-65(55)37-51)49-23-17-43-33-59-57-29-30-58-60-34-44-18-24-50(32-46(44)36-64(60)74-68(58)67(57)73-63(59)35-45(43)31-49)70(48-21-15-42(16-22-48)40(3)4)52-26-28-56-54-10-6-8-12-62(54)72-66(56)38-52/h5-40H,1-4H3. The minimum absolute atomic E-state index is 0.429. The second-order valence-electron chi connectivity index (χ2n) is 20.5. The van der Waals surface area contributed by atoms with Crippen LogP contribution in [0.2, 0.25) is 0 Å². The van der Waals surface area contributed by atoms with Gasteiger partial charge in [-0.3, -0.25) is 0 Å². The number of rotatable bonds is 8. The third-order valence-corrected chi connectivity index (χ3v) is 15.4. The van der Waals surface area contributed by atoms with Gasteiger partial charge in [0.15, 0.2) is 11.2 Å². The number of fused-ring (bicyclic) bond motifs is 15. The number of furan rings is 4. The van der Waals surface area contributed by atoms with E-state index in [9.17, 15) is 0 Å². The average Bonchev–Trinajstić information content (AvgIpc) is 4.22. The monoisotopic (exact) mass is 956 g/mol. The molecule has 0 spiro atoms. The molecule has 354 valence electrons. The molecular weight excluding hydrogens is 909 g/mol. The van der Waals surface area contributed by atoms with Crippen molar-refractivity contribution in [3.05, 3.63) is 217 Å². The van der Waals surface area contributed by atoms with Gasteiger partial charge in [0.1, 0.15) is 33.5 Å². The van der Waals surface area contributed by atoms with Crippen LogP contribution in [-0.2, 0) is 0 Å². The van der Waals surface area contributed by atoms with Gasteiger partial charge in [-0.15, -0.1) is 0 Å². The first-order valence-corrected chi connectivity index (χ1v) is 25.6. The summed E-state index contributed by atoms with van der Waals surface area (Å²) >= 11 is 0. The molecule has 0 aliphatic heterocycles. The van der Waals surface area contributed by atoms with Crippen LogP contribution in [0.1, 0.15) is 50.7 Å². The predicted molar refractivity (Wildman–Crippen MR) is 308 cm³/mol. The molecule has 15 aromatic rings. The number of hydrogen-bond donors (Lipinski definition) is 0. The highest BCUT2D eigenvalue weighted by molar-refractivity contribution is 6.21. The second-order valence-corrected chi connectivity index (χ2v) is 20.5. The lowest BCUT2D eigenvalue weighted by atomic mass is 10.0. The van der Waals surface area contributed by atoms with E-state index in [2.05, 4.69) is 219 Å². The first-order valence-electron chi connectivity index (χ1n) is 25.6. The largest absolute Gasteiger partial charge is 0.456 e. The predicted octanol–water partition coefficient (Wildman–Crippen LogP) is 20.8. The fourth-order valence-electron chi connectivity index (χ4n) is 11.4. The number of benzene rings is 11. The zero-order valence-corrected chi connectivity index (χ0v) is 41.3. The van der Waals surface area contributed by atoms with Crippen LogP contribution >= 0.6 is 0 Å². The van der Waals surface area contributed by atoms with Crippen molar-refractivity contribution in [3.8, 4) is 0 Å². The molecule has 0 N–H and O–H groups in total. The molecule has 0 unspecified atom stereocenters. The van der Waals surface area contributed by atoms with Crippen molar-refractivity contribution in [1.82, 2.24) is 0 Å². The highest BCUT2D eigenvalue weighted by Gasteiger charge is 2.22. The normalized spacial score (nSPS) is 12.3. The molecule has 0 saturated heterocycles. The maximum absolute atomic E-state index is 6.87. The Hall–Kier alpha value is -9.26. The molecule has 0 aliphatic rings. The molecule has 15 rings (SSSR count). The summed E-state index contributed by atoms with van der Waals surface area (Å²) in [5.41, 5.74) is 15.4. The van der Waals surface area contributed by atoms with Gasteiger partial charge >= 0.3 is 0 Å². The van der Waals surface area contributed by atoms with Gasteiger partial charge in [-0.25, -0.2) is 0 Å². The van der Waals surface area contributed by atoms with E-state index in [1.54, 1.807) is 0 Å². The first kappa shape index (κ1) is 42.4. The maximum Gasteiger partial charge on any atom is 0.178 e. The van der Waals surface area contributed by atoms with Crippen molar-refractivity contribution in [3.63, 3.8) is 0 Å². The van der Waals surface area contributed by atoms with Crippen LogP contribution in [0.4, 0.5) is 34.1 Å². The summed E-state index contributed by atoms with van der Waals surface area (Å²) in [4.78, 5) is 4.62. The van der Waals surface area contributed by atoms with E-state index in [1.807, 2.05) is 24.3 Å². The zero-order chi connectivity index (χ0) is 49.3. The molecular formula is C68H48N2O4. The number of anilines is 6. The lowest BCUT2D eigenvalue weighted by molar-refractivity contribution is 0.634. The van der Waals surface area contributed by atoms with Gasteiger partial charge in [0.05, 0.1) is 0 Å². The second kappa shape index (κ2) is 16.1. The summed E-state index contributed by atoms with van der Waals surface area (Å²) in [6, 6.07) is 73.9. The Morgan fingerprint density at radius 3 is 1.04 bits per heavy atom. The molecule has 4 aromatic heterocycles. The quantitative estimate of drug-likeness (QED) is 0.151. The highest BCUT2D eigenvalue weighted by Crippen LogP contribution is 2.45. The van der Waals surface area contributed by atoms with Gasteiger partial charge in [0.25, 0.3) is 0 Å². The van der Waals surface area contributed by atoms with Gasteiger partial charge in [0.2, 0.25) is 0 Å². The van der Waals surface area contributed by atoms with Gasteiger partial charge in [-0.2, -0.15) is 0 Å².